The van der Waals surface area contributed by atoms with Gasteiger partial charge >= 0.3 is 6.09 Å². The van der Waals surface area contributed by atoms with Crippen LogP contribution in [0.15, 0.2) is 60.7 Å². The summed E-state index contributed by atoms with van der Waals surface area (Å²) in [6.07, 6.45) is 1.58. The van der Waals surface area contributed by atoms with Crippen molar-refractivity contribution in [2.45, 2.75) is 64.2 Å². The summed E-state index contributed by atoms with van der Waals surface area (Å²) in [5, 5.41) is 5.79. The number of fused-ring (bicyclic) bond motifs is 1. The van der Waals surface area contributed by atoms with Crippen LogP contribution in [0.3, 0.4) is 0 Å². The first-order valence-corrected chi connectivity index (χ1v) is 12.3. The molecule has 186 valence electrons. The Morgan fingerprint density at radius 3 is 2.39 bits per heavy atom. The number of nitrogens with zero attached hydrogens (tertiary/aromatic N) is 1. The van der Waals surface area contributed by atoms with Crippen molar-refractivity contribution < 1.29 is 19.1 Å². The van der Waals surface area contributed by atoms with E-state index in [1.165, 1.54) is 0 Å². The van der Waals surface area contributed by atoms with Crippen molar-refractivity contribution in [3.05, 3.63) is 66.2 Å². The van der Waals surface area contributed by atoms with Gasteiger partial charge in [0.1, 0.15) is 11.3 Å². The Balaban J connectivity index is 1.50. The molecule has 2 heterocycles. The fraction of sp³-hybridized carbons (Fsp3) is 0.345. The maximum atomic E-state index is 12.5. The van der Waals surface area contributed by atoms with Crippen LogP contribution in [-0.2, 0) is 15.1 Å². The predicted molar refractivity (Wildman–Crippen MR) is 139 cm³/mol. The van der Waals surface area contributed by atoms with Crippen molar-refractivity contribution in [3.8, 4) is 28.3 Å². The van der Waals surface area contributed by atoms with Crippen LogP contribution in [0.5, 0.6) is 5.88 Å². The van der Waals surface area contributed by atoms with E-state index in [-0.39, 0.29) is 11.4 Å². The number of aromatic nitrogens is 1. The second-order valence-corrected chi connectivity index (χ2v) is 10.5. The number of amides is 2. The van der Waals surface area contributed by atoms with Crippen molar-refractivity contribution in [2.24, 2.45) is 0 Å². The average Bonchev–Trinajstić information content (AvgIpc) is 2.81. The van der Waals surface area contributed by atoms with Crippen molar-refractivity contribution in [3.63, 3.8) is 0 Å². The molecule has 0 saturated heterocycles. The highest BCUT2D eigenvalue weighted by Gasteiger charge is 2.43. The number of rotatable bonds is 4. The molecule has 1 unspecified atom stereocenters. The molecule has 0 bridgehead atoms. The van der Waals surface area contributed by atoms with E-state index in [1.807, 2.05) is 81.4 Å². The van der Waals surface area contributed by atoms with Gasteiger partial charge in [0.15, 0.2) is 6.10 Å². The first-order valence-electron chi connectivity index (χ1n) is 12.3. The van der Waals surface area contributed by atoms with Gasteiger partial charge in [-0.25, -0.2) is 9.78 Å². The Morgan fingerprint density at radius 1 is 1.08 bits per heavy atom. The number of pyridine rings is 1. The van der Waals surface area contributed by atoms with Crippen LogP contribution in [0.25, 0.3) is 22.4 Å². The minimum atomic E-state index is -0.613. The van der Waals surface area contributed by atoms with Crippen LogP contribution < -0.4 is 15.4 Å². The molecule has 7 nitrogen and oxygen atoms in total. The summed E-state index contributed by atoms with van der Waals surface area (Å²) in [7, 11) is 0. The molecule has 3 aromatic rings. The Hall–Kier alpha value is -3.87. The summed E-state index contributed by atoms with van der Waals surface area (Å²) in [5.74, 6) is 0.209. The number of hydrogen-bond donors (Lipinski definition) is 2. The summed E-state index contributed by atoms with van der Waals surface area (Å²) in [5.41, 5.74) is 4.09. The fourth-order valence-corrected chi connectivity index (χ4v) is 4.58. The highest BCUT2D eigenvalue weighted by molar-refractivity contribution is 5.99. The molecule has 2 aromatic carbocycles. The van der Waals surface area contributed by atoms with Gasteiger partial charge in [0.2, 0.25) is 5.88 Å². The van der Waals surface area contributed by atoms with Gasteiger partial charge < -0.3 is 20.1 Å². The second kappa shape index (κ2) is 8.97. The minimum Gasteiger partial charge on any atom is -0.463 e. The summed E-state index contributed by atoms with van der Waals surface area (Å²) < 4.78 is 11.7. The highest BCUT2D eigenvalue weighted by Crippen LogP contribution is 2.46. The van der Waals surface area contributed by atoms with Gasteiger partial charge in [-0.15, -0.1) is 0 Å². The van der Waals surface area contributed by atoms with Crippen LogP contribution in [-0.4, -0.2) is 28.6 Å². The Morgan fingerprint density at radius 2 is 1.78 bits per heavy atom. The largest absolute Gasteiger partial charge is 0.463 e. The Labute approximate surface area is 211 Å². The first-order chi connectivity index (χ1) is 17.1. The van der Waals surface area contributed by atoms with E-state index in [0.717, 1.165) is 47.2 Å². The number of anilines is 1. The molecule has 1 fully saturated rings. The van der Waals surface area contributed by atoms with Gasteiger partial charge in [-0.2, -0.15) is 0 Å². The molecule has 1 atom stereocenters. The molecule has 1 saturated carbocycles. The van der Waals surface area contributed by atoms with Crippen LogP contribution >= 0.6 is 0 Å². The summed E-state index contributed by atoms with van der Waals surface area (Å²) in [6, 6.07) is 19.9. The molecular formula is C29H31N3O4. The summed E-state index contributed by atoms with van der Waals surface area (Å²) in [6.45, 7) is 7.50. The Kier molecular flexibility index (Phi) is 5.94. The second-order valence-electron chi connectivity index (χ2n) is 10.5. The number of nitrogens with one attached hydrogen (secondary N) is 2. The van der Waals surface area contributed by atoms with E-state index >= 15 is 0 Å². The average molecular weight is 486 g/mol. The van der Waals surface area contributed by atoms with Crippen molar-refractivity contribution in [2.75, 3.05) is 5.32 Å². The van der Waals surface area contributed by atoms with Crippen molar-refractivity contribution in [1.82, 2.24) is 10.3 Å². The third-order valence-corrected chi connectivity index (χ3v) is 6.60. The fourth-order valence-electron chi connectivity index (χ4n) is 4.58. The molecule has 1 aliphatic carbocycles. The van der Waals surface area contributed by atoms with Crippen LogP contribution in [0.1, 0.15) is 52.5 Å². The van der Waals surface area contributed by atoms with Gasteiger partial charge in [0.25, 0.3) is 5.91 Å². The molecule has 5 rings (SSSR count). The van der Waals surface area contributed by atoms with Gasteiger partial charge in [-0.3, -0.25) is 4.79 Å². The number of ether oxygens (including phenoxy) is 2. The SMILES string of the molecule is CC1Oc2nc(-c3ccc(C4(OC(=O)NC(C)(C)C)CCC4)cc3)c(-c3ccccc3)cc2NC1=O. The van der Waals surface area contributed by atoms with E-state index in [0.29, 0.717) is 11.6 Å². The van der Waals surface area contributed by atoms with Crippen LogP contribution in [0.4, 0.5) is 10.5 Å². The molecule has 1 aliphatic heterocycles. The molecule has 1 aromatic heterocycles. The standard InChI is InChI=1S/C29H31N3O4/c1-18-25(33)30-23-17-22(19-9-6-5-7-10-19)24(31-26(23)35-18)20-11-13-21(14-12-20)29(15-8-16-29)36-27(34)32-28(2,3)4/h5-7,9-14,17-18H,8,15-16H2,1-4H3,(H,30,33)(H,32,34). The lowest BCUT2D eigenvalue weighted by atomic mass is 9.74. The lowest BCUT2D eigenvalue weighted by Gasteiger charge is -2.42. The third-order valence-electron chi connectivity index (χ3n) is 6.60. The monoisotopic (exact) mass is 485 g/mol. The number of alkyl carbamates (subject to hydrolysis) is 1. The third kappa shape index (κ3) is 4.65. The number of hydrogen-bond acceptors (Lipinski definition) is 5. The maximum Gasteiger partial charge on any atom is 0.408 e. The molecule has 0 radical (unpaired) electrons. The first kappa shape index (κ1) is 23.9. The van der Waals surface area contributed by atoms with E-state index in [4.69, 9.17) is 14.5 Å². The van der Waals surface area contributed by atoms with Gasteiger partial charge in [-0.05, 0) is 64.2 Å². The maximum absolute atomic E-state index is 12.5. The van der Waals surface area contributed by atoms with E-state index in [9.17, 15) is 9.59 Å². The molecule has 2 N–H and O–H groups in total. The van der Waals surface area contributed by atoms with Crippen molar-refractivity contribution >= 4 is 17.7 Å². The number of benzene rings is 2. The molecule has 2 aliphatic rings. The quantitative estimate of drug-likeness (QED) is 0.470. The van der Waals surface area contributed by atoms with E-state index < -0.39 is 17.8 Å². The molecule has 0 spiro atoms. The zero-order chi connectivity index (χ0) is 25.5. The molecule has 7 heteroatoms. The van der Waals surface area contributed by atoms with Gasteiger partial charge in [0, 0.05) is 16.7 Å². The lowest BCUT2D eigenvalue weighted by molar-refractivity contribution is -0.122. The molecular weight excluding hydrogens is 454 g/mol. The number of carbonyl (C=O) groups excluding carboxylic acids is 2. The number of carbonyl (C=O) groups is 2. The van der Waals surface area contributed by atoms with Crippen molar-refractivity contribution in [1.29, 1.82) is 0 Å². The summed E-state index contributed by atoms with van der Waals surface area (Å²) in [4.78, 5) is 29.5. The summed E-state index contributed by atoms with van der Waals surface area (Å²) >= 11 is 0. The van der Waals surface area contributed by atoms with E-state index in [1.54, 1.807) is 6.92 Å². The normalized spacial score (nSPS) is 18.2. The zero-order valence-electron chi connectivity index (χ0n) is 21.1. The van der Waals surface area contributed by atoms with E-state index in [2.05, 4.69) is 10.6 Å². The molecule has 2 amide bonds. The van der Waals surface area contributed by atoms with Gasteiger partial charge in [0.05, 0.1) is 5.69 Å². The van der Waals surface area contributed by atoms with Gasteiger partial charge in [-0.1, -0.05) is 54.6 Å². The van der Waals surface area contributed by atoms with Crippen LogP contribution in [0.2, 0.25) is 0 Å². The predicted octanol–water partition coefficient (Wildman–Crippen LogP) is 6.04. The smallest absolute Gasteiger partial charge is 0.408 e. The lowest BCUT2D eigenvalue weighted by Crippen LogP contribution is -2.47. The highest BCUT2D eigenvalue weighted by atomic mass is 16.6. The van der Waals surface area contributed by atoms with Crippen LogP contribution in [0, 0.1) is 0 Å². The molecule has 36 heavy (non-hydrogen) atoms. The topological polar surface area (TPSA) is 89.6 Å². The Bertz CT molecular complexity index is 1290. The minimum absolute atomic E-state index is 0.193. The zero-order valence-corrected chi connectivity index (χ0v) is 21.1.